The molecule has 3 N–H and O–H groups in total. The lowest BCUT2D eigenvalue weighted by molar-refractivity contribution is 0.0461. The normalized spacial score (nSPS) is 32.7. The molecule has 0 saturated heterocycles. The number of aryl methyl sites for hydroxylation is 1. The van der Waals surface area contributed by atoms with Crippen LogP contribution in [0.15, 0.2) is 48.6 Å². The van der Waals surface area contributed by atoms with Crippen LogP contribution in [-0.4, -0.2) is 43.1 Å². The van der Waals surface area contributed by atoms with Gasteiger partial charge < -0.3 is 19.8 Å². The van der Waals surface area contributed by atoms with Gasteiger partial charge in [0.15, 0.2) is 0 Å². The van der Waals surface area contributed by atoms with Crippen LogP contribution in [0.25, 0.3) is 0 Å². The molecule has 0 spiro atoms. The minimum Gasteiger partial charge on any atom is -0.487 e. The fourth-order valence-electron chi connectivity index (χ4n) is 7.14. The van der Waals surface area contributed by atoms with Gasteiger partial charge in [0.2, 0.25) is 10.0 Å². The summed E-state index contributed by atoms with van der Waals surface area (Å²) in [5.41, 5.74) is 3.63. The SMILES string of the molecule is C[C@@H]1C/C=C/[C@H](O)[C@@H]2CC[C@H]2CN2CCCCc3cc(Cl)ccc3COc3ccc(cc32)C(O)NS(=O)(=O)[C@H]1C1CC1. The number of sulfonamides is 1. The molecule has 2 heterocycles. The van der Waals surface area contributed by atoms with Gasteiger partial charge >= 0.3 is 0 Å². The van der Waals surface area contributed by atoms with Gasteiger partial charge in [-0.1, -0.05) is 42.8 Å². The fraction of sp³-hybridized carbons (Fsp3) is 0.576. The topological polar surface area (TPSA) is 99.1 Å². The van der Waals surface area contributed by atoms with Gasteiger partial charge in [0.1, 0.15) is 18.6 Å². The van der Waals surface area contributed by atoms with E-state index in [1.807, 2.05) is 49.4 Å². The van der Waals surface area contributed by atoms with Gasteiger partial charge in [-0.2, -0.15) is 4.72 Å². The highest BCUT2D eigenvalue weighted by molar-refractivity contribution is 7.90. The van der Waals surface area contributed by atoms with Crippen LogP contribution in [-0.2, 0) is 23.1 Å². The number of fused-ring (bicyclic) bond motifs is 3. The molecular formula is C33H43ClN2O5S. The highest BCUT2D eigenvalue weighted by atomic mass is 35.5. The summed E-state index contributed by atoms with van der Waals surface area (Å²) in [6.07, 6.45) is 9.12. The van der Waals surface area contributed by atoms with Crippen molar-refractivity contribution in [1.82, 2.24) is 4.72 Å². The molecular weight excluding hydrogens is 572 g/mol. The Hall–Kier alpha value is -2.10. The number of aliphatic hydroxyl groups excluding tert-OH is 2. The number of aliphatic hydroxyl groups is 2. The Bertz CT molecular complexity index is 1410. The van der Waals surface area contributed by atoms with Gasteiger partial charge in [-0.05, 0) is 116 Å². The average Bonchev–Trinajstić information content (AvgIpc) is 3.75. The summed E-state index contributed by atoms with van der Waals surface area (Å²) >= 11 is 6.32. The largest absolute Gasteiger partial charge is 0.487 e. The first-order valence-electron chi connectivity index (χ1n) is 15.5. The van der Waals surface area contributed by atoms with Crippen molar-refractivity contribution < 1.29 is 23.4 Å². The molecule has 2 bridgehead atoms. The number of ether oxygens (including phenoxy) is 1. The van der Waals surface area contributed by atoms with Crippen molar-refractivity contribution in [3.8, 4) is 5.75 Å². The van der Waals surface area contributed by atoms with E-state index in [1.165, 1.54) is 5.56 Å². The molecule has 2 aliphatic heterocycles. The van der Waals surface area contributed by atoms with E-state index in [0.717, 1.165) is 74.3 Å². The van der Waals surface area contributed by atoms with E-state index in [-0.39, 0.29) is 17.8 Å². The van der Waals surface area contributed by atoms with Crippen LogP contribution in [0.3, 0.4) is 0 Å². The second-order valence-corrected chi connectivity index (χ2v) is 15.1. The van der Waals surface area contributed by atoms with Crippen molar-refractivity contribution in [2.75, 3.05) is 18.0 Å². The first kappa shape index (κ1) is 29.9. The highest BCUT2D eigenvalue weighted by Gasteiger charge is 2.44. The first-order valence-corrected chi connectivity index (χ1v) is 17.4. The van der Waals surface area contributed by atoms with Crippen LogP contribution in [0.2, 0.25) is 5.02 Å². The number of benzene rings is 2. The molecule has 6 rings (SSSR count). The lowest BCUT2D eigenvalue weighted by atomic mass is 9.70. The molecule has 0 radical (unpaired) electrons. The van der Waals surface area contributed by atoms with E-state index in [1.54, 1.807) is 6.07 Å². The third kappa shape index (κ3) is 6.53. The summed E-state index contributed by atoms with van der Waals surface area (Å²) in [6, 6.07) is 11.4. The Morgan fingerprint density at radius 1 is 1.00 bits per heavy atom. The van der Waals surface area contributed by atoms with E-state index in [9.17, 15) is 18.6 Å². The summed E-state index contributed by atoms with van der Waals surface area (Å²) in [5, 5.41) is 22.5. The molecule has 2 aromatic carbocycles. The average molecular weight is 615 g/mol. The van der Waals surface area contributed by atoms with Gasteiger partial charge in [0.05, 0.1) is 17.0 Å². The monoisotopic (exact) mass is 614 g/mol. The molecule has 1 unspecified atom stereocenters. The van der Waals surface area contributed by atoms with Crippen molar-refractivity contribution in [1.29, 1.82) is 0 Å². The van der Waals surface area contributed by atoms with E-state index in [2.05, 4.69) is 9.62 Å². The third-order valence-corrected chi connectivity index (χ3v) is 12.2. The Kier molecular flexibility index (Phi) is 8.90. The number of halogens is 1. The maximum absolute atomic E-state index is 13.6. The predicted octanol–water partition coefficient (Wildman–Crippen LogP) is 5.73. The Morgan fingerprint density at radius 3 is 2.57 bits per heavy atom. The van der Waals surface area contributed by atoms with Crippen LogP contribution in [0.1, 0.15) is 74.8 Å². The van der Waals surface area contributed by atoms with Crippen LogP contribution >= 0.6 is 11.6 Å². The Labute approximate surface area is 255 Å². The summed E-state index contributed by atoms with van der Waals surface area (Å²) < 4.78 is 36.3. The summed E-state index contributed by atoms with van der Waals surface area (Å²) in [7, 11) is -3.81. The van der Waals surface area contributed by atoms with Crippen molar-refractivity contribution in [3.63, 3.8) is 0 Å². The number of allylic oxidation sites excluding steroid dienone is 1. The number of anilines is 1. The molecule has 42 heavy (non-hydrogen) atoms. The second kappa shape index (κ2) is 12.5. The number of nitrogens with one attached hydrogen (secondary N) is 1. The van der Waals surface area contributed by atoms with Gasteiger partial charge in [0.25, 0.3) is 0 Å². The molecule has 0 amide bonds. The quantitative estimate of drug-likeness (QED) is 0.355. The van der Waals surface area contributed by atoms with E-state index >= 15 is 0 Å². The maximum atomic E-state index is 13.6. The number of rotatable bonds is 1. The summed E-state index contributed by atoms with van der Waals surface area (Å²) in [5.74, 6) is 1.14. The summed E-state index contributed by atoms with van der Waals surface area (Å²) in [4.78, 5) is 2.32. The van der Waals surface area contributed by atoms with E-state index < -0.39 is 27.6 Å². The Balaban J connectivity index is 1.38. The molecule has 7 nitrogen and oxygen atoms in total. The van der Waals surface area contributed by atoms with Gasteiger partial charge in [-0.15, -0.1) is 0 Å². The zero-order valence-electron chi connectivity index (χ0n) is 24.3. The number of hydrogen-bond acceptors (Lipinski definition) is 6. The van der Waals surface area contributed by atoms with Gasteiger partial charge in [-0.3, -0.25) is 0 Å². The lowest BCUT2D eigenvalue weighted by Crippen LogP contribution is -2.43. The van der Waals surface area contributed by atoms with Gasteiger partial charge in [-0.25, -0.2) is 8.42 Å². The number of hydrogen-bond donors (Lipinski definition) is 3. The van der Waals surface area contributed by atoms with Crippen LogP contribution in [0, 0.1) is 23.7 Å². The fourth-order valence-corrected chi connectivity index (χ4v) is 9.44. The van der Waals surface area contributed by atoms with Crippen molar-refractivity contribution >= 4 is 27.3 Å². The zero-order valence-corrected chi connectivity index (χ0v) is 25.9. The molecule has 4 aliphatic rings. The molecule has 2 aromatic rings. The smallest absolute Gasteiger partial charge is 0.217 e. The van der Waals surface area contributed by atoms with Crippen LogP contribution in [0.5, 0.6) is 5.75 Å². The molecule has 2 fully saturated rings. The molecule has 228 valence electrons. The molecule has 2 saturated carbocycles. The molecule has 6 atom stereocenters. The second-order valence-electron chi connectivity index (χ2n) is 12.8. The van der Waals surface area contributed by atoms with E-state index in [4.69, 9.17) is 16.3 Å². The lowest BCUT2D eigenvalue weighted by Gasteiger charge is -2.42. The van der Waals surface area contributed by atoms with E-state index in [0.29, 0.717) is 30.3 Å². The van der Waals surface area contributed by atoms with Gasteiger partial charge in [0, 0.05) is 18.1 Å². The zero-order chi connectivity index (χ0) is 29.4. The predicted molar refractivity (Wildman–Crippen MR) is 166 cm³/mol. The van der Waals surface area contributed by atoms with Crippen molar-refractivity contribution in [2.45, 2.75) is 82.5 Å². The highest BCUT2D eigenvalue weighted by Crippen LogP contribution is 2.43. The number of nitrogens with zero attached hydrogens (tertiary/aromatic N) is 1. The Morgan fingerprint density at radius 2 is 1.81 bits per heavy atom. The van der Waals surface area contributed by atoms with Crippen molar-refractivity contribution in [3.05, 3.63) is 70.3 Å². The molecule has 9 heteroatoms. The third-order valence-electron chi connectivity index (χ3n) is 9.81. The maximum Gasteiger partial charge on any atom is 0.217 e. The minimum absolute atomic E-state index is 0.0898. The first-order chi connectivity index (χ1) is 20.2. The van der Waals surface area contributed by atoms with Crippen molar-refractivity contribution in [2.24, 2.45) is 23.7 Å². The molecule has 0 aromatic heterocycles. The van der Waals surface area contributed by atoms with Crippen LogP contribution in [0.4, 0.5) is 5.69 Å². The minimum atomic E-state index is -3.81. The van der Waals surface area contributed by atoms with Crippen LogP contribution < -0.4 is 14.4 Å². The summed E-state index contributed by atoms with van der Waals surface area (Å²) in [6.45, 7) is 3.89. The standard InChI is InChI=1S/C33H43ClN2O5S/c1-21-5-4-7-30(37)28-14-11-25(28)19-36-16-3-2-6-23-17-27(34)13-10-26(23)20-41-31-15-12-24(18-29(31)36)33(38)35-42(39,40)32(21)22-8-9-22/h4,7,10,12-13,15,17-18,21-22,25,28,30,32-33,35,37-38H,2-3,5-6,8-9,11,14,16,19-20H2,1H3/b7-4+/t21-,25+,28-,30+,32-,33?/m1/s1. The molecule has 2 aliphatic carbocycles.